The second-order valence-corrected chi connectivity index (χ2v) is 10.7. The molecule has 9 unspecified atom stereocenters. The number of aldehydes is 1. The number of hydrogen-bond acceptors (Lipinski definition) is 3. The van der Waals surface area contributed by atoms with Crippen LogP contribution >= 0.6 is 0 Å². The molecule has 4 fully saturated rings. The van der Waals surface area contributed by atoms with E-state index in [9.17, 15) is 9.59 Å². The van der Waals surface area contributed by atoms with E-state index < -0.39 is 0 Å². The number of esters is 1. The highest BCUT2D eigenvalue weighted by atomic mass is 16.5. The summed E-state index contributed by atoms with van der Waals surface area (Å²) >= 11 is 0. The maximum Gasteiger partial charge on any atom is 0.305 e. The Balaban J connectivity index is 1.68. The lowest BCUT2D eigenvalue weighted by Crippen LogP contribution is -2.52. The van der Waals surface area contributed by atoms with Crippen LogP contribution in [0.2, 0.25) is 0 Å². The average molecular weight is 387 g/mol. The van der Waals surface area contributed by atoms with Crippen LogP contribution in [0.5, 0.6) is 0 Å². The minimum atomic E-state index is -0.0409. The second-order valence-electron chi connectivity index (χ2n) is 10.7. The molecule has 0 heterocycles. The molecule has 3 nitrogen and oxygen atoms in total. The molecule has 0 N–H and O–H groups in total. The number of hydrogen-bond donors (Lipinski definition) is 0. The molecule has 156 valence electrons. The lowest BCUT2D eigenvalue weighted by Gasteiger charge is -2.57. The van der Waals surface area contributed by atoms with Gasteiger partial charge >= 0.3 is 5.97 Å². The highest BCUT2D eigenvalue weighted by Gasteiger charge is 2.68. The Morgan fingerprint density at radius 1 is 1.21 bits per heavy atom. The molecule has 0 aromatic carbocycles. The van der Waals surface area contributed by atoms with Crippen LogP contribution in [0.4, 0.5) is 0 Å². The Hall–Kier alpha value is -1.12. The van der Waals surface area contributed by atoms with Crippen molar-refractivity contribution in [3.8, 4) is 0 Å². The fourth-order valence-electron chi connectivity index (χ4n) is 8.21. The van der Waals surface area contributed by atoms with Crippen LogP contribution in [0.15, 0.2) is 11.6 Å². The first kappa shape index (κ1) is 20.2. The minimum absolute atomic E-state index is 0.0409. The summed E-state index contributed by atoms with van der Waals surface area (Å²) < 4.78 is 6.04. The number of carbonyl (C=O) groups is 2. The smallest absolute Gasteiger partial charge is 0.305 e. The predicted molar refractivity (Wildman–Crippen MR) is 111 cm³/mol. The number of fused-ring (bicyclic) bond motifs is 5. The number of carbonyl (C=O) groups excluding carboxylic acids is 2. The van der Waals surface area contributed by atoms with E-state index >= 15 is 0 Å². The van der Waals surface area contributed by atoms with Crippen LogP contribution in [0.3, 0.4) is 0 Å². The van der Waals surface area contributed by atoms with Gasteiger partial charge in [0.05, 0.1) is 0 Å². The van der Waals surface area contributed by atoms with Gasteiger partial charge in [0.1, 0.15) is 12.4 Å². The van der Waals surface area contributed by atoms with Gasteiger partial charge < -0.3 is 4.74 Å². The molecule has 9 atom stereocenters. The topological polar surface area (TPSA) is 43.4 Å². The highest BCUT2D eigenvalue weighted by molar-refractivity contribution is 5.69. The summed E-state index contributed by atoms with van der Waals surface area (Å²) in [5.41, 5.74) is 1.75. The van der Waals surface area contributed by atoms with Crippen LogP contribution in [0, 0.1) is 46.3 Å². The lowest BCUT2D eigenvalue weighted by molar-refractivity contribution is -0.162. The van der Waals surface area contributed by atoms with Crippen molar-refractivity contribution in [2.24, 2.45) is 46.3 Å². The van der Waals surface area contributed by atoms with Crippen LogP contribution in [-0.2, 0) is 14.3 Å². The monoisotopic (exact) mass is 386 g/mol. The van der Waals surface area contributed by atoms with Crippen molar-refractivity contribution in [3.63, 3.8) is 0 Å². The van der Waals surface area contributed by atoms with Crippen molar-refractivity contribution >= 4 is 12.3 Å². The predicted octanol–water partition coefficient (Wildman–Crippen LogP) is 5.58. The van der Waals surface area contributed by atoms with Crippen molar-refractivity contribution in [2.45, 2.75) is 85.7 Å². The van der Waals surface area contributed by atoms with Crippen LogP contribution < -0.4 is 0 Å². The minimum Gasteiger partial charge on any atom is -0.461 e. The van der Waals surface area contributed by atoms with Crippen LogP contribution in [-0.4, -0.2) is 18.4 Å². The van der Waals surface area contributed by atoms with Gasteiger partial charge in [0.2, 0.25) is 0 Å². The molecule has 0 aromatic rings. The van der Waals surface area contributed by atoms with Crippen molar-refractivity contribution in [1.29, 1.82) is 0 Å². The molecule has 4 aliphatic rings. The Bertz CT molecular complexity index is 681. The van der Waals surface area contributed by atoms with E-state index in [0.717, 1.165) is 24.5 Å². The third-order valence-corrected chi connectivity index (χ3v) is 9.34. The van der Waals surface area contributed by atoms with E-state index in [1.54, 1.807) is 0 Å². The van der Waals surface area contributed by atoms with Gasteiger partial charge in [-0.2, -0.15) is 0 Å². The third-order valence-electron chi connectivity index (χ3n) is 9.34. The fraction of sp³-hybridized carbons (Fsp3) is 0.840. The third kappa shape index (κ3) is 2.75. The summed E-state index contributed by atoms with van der Waals surface area (Å²) in [7, 11) is 0. The van der Waals surface area contributed by atoms with Gasteiger partial charge in [-0.25, -0.2) is 0 Å². The molecule has 0 saturated heterocycles. The normalized spacial score (nSPS) is 50.5. The largest absolute Gasteiger partial charge is 0.461 e. The molecule has 3 heteroatoms. The van der Waals surface area contributed by atoms with Crippen molar-refractivity contribution in [3.05, 3.63) is 11.6 Å². The zero-order chi connectivity index (χ0) is 20.3. The van der Waals surface area contributed by atoms with Crippen LogP contribution in [0.25, 0.3) is 0 Å². The number of allylic oxidation sites excluding steroid dienone is 2. The van der Waals surface area contributed by atoms with Crippen molar-refractivity contribution < 1.29 is 14.3 Å². The zero-order valence-corrected chi connectivity index (χ0v) is 18.4. The summed E-state index contributed by atoms with van der Waals surface area (Å²) in [6, 6.07) is 0. The summed E-state index contributed by atoms with van der Waals surface area (Å²) in [6.07, 6.45) is 10.7. The first-order chi connectivity index (χ1) is 13.3. The van der Waals surface area contributed by atoms with E-state index in [1.807, 2.05) is 13.0 Å². The quantitative estimate of drug-likeness (QED) is 0.352. The van der Waals surface area contributed by atoms with Gasteiger partial charge in [-0.1, -0.05) is 46.6 Å². The standard InChI is InChI=1S/C25H38O3/c1-6-10-24(4)18(9-12-26)16-14-17(16)22-19(24)8-11-25(5)20(22)13-15(3)23(25)28-21(27)7-2/h9,12,15-17,19-20,22-23H,6-8,10-11,13-14H2,1-5H3/b18-9-. The molecule has 0 aromatic heterocycles. The zero-order valence-electron chi connectivity index (χ0n) is 18.4. The molecule has 0 bridgehead atoms. The average Bonchev–Trinajstić information content (AvgIpc) is 3.40. The summed E-state index contributed by atoms with van der Waals surface area (Å²) in [5, 5.41) is 0. The number of ether oxygens (including phenoxy) is 1. The molecule has 4 rings (SSSR count). The Kier molecular flexibility index (Phi) is 5.03. The van der Waals surface area contributed by atoms with E-state index in [1.165, 1.54) is 37.7 Å². The molecular formula is C25H38O3. The Morgan fingerprint density at radius 2 is 1.96 bits per heavy atom. The SMILES string of the molecule is CCCC1(C)/C(=C\C=O)C2CC2C2C1CCC1(C)C2CC(C)C1OC(=O)CC. The molecule has 4 aliphatic carbocycles. The molecule has 0 spiro atoms. The lowest BCUT2D eigenvalue weighted by atomic mass is 9.48. The van der Waals surface area contributed by atoms with Gasteiger partial charge in [-0.05, 0) is 79.1 Å². The van der Waals surface area contributed by atoms with Gasteiger partial charge in [0, 0.05) is 11.8 Å². The molecule has 0 aliphatic heterocycles. The Labute approximate surface area is 170 Å². The van der Waals surface area contributed by atoms with E-state index in [0.29, 0.717) is 30.1 Å². The van der Waals surface area contributed by atoms with E-state index in [2.05, 4.69) is 27.7 Å². The number of rotatable bonds is 5. The van der Waals surface area contributed by atoms with Crippen LogP contribution in [0.1, 0.15) is 79.6 Å². The summed E-state index contributed by atoms with van der Waals surface area (Å²) in [4.78, 5) is 23.5. The van der Waals surface area contributed by atoms with Gasteiger partial charge in [-0.3, -0.25) is 9.59 Å². The van der Waals surface area contributed by atoms with Crippen molar-refractivity contribution in [1.82, 2.24) is 0 Å². The molecular weight excluding hydrogens is 348 g/mol. The fourth-order valence-corrected chi connectivity index (χ4v) is 8.21. The van der Waals surface area contributed by atoms with Gasteiger partial charge in [-0.15, -0.1) is 0 Å². The Morgan fingerprint density at radius 3 is 2.61 bits per heavy atom. The van der Waals surface area contributed by atoms with Gasteiger partial charge in [0.25, 0.3) is 0 Å². The summed E-state index contributed by atoms with van der Waals surface area (Å²) in [6.45, 7) is 11.3. The first-order valence-corrected chi connectivity index (χ1v) is 11.7. The maximum absolute atomic E-state index is 12.1. The molecule has 0 amide bonds. The van der Waals surface area contributed by atoms with E-state index in [-0.39, 0.29) is 22.9 Å². The van der Waals surface area contributed by atoms with E-state index in [4.69, 9.17) is 4.74 Å². The molecule has 0 radical (unpaired) electrons. The maximum atomic E-state index is 12.1. The molecule has 28 heavy (non-hydrogen) atoms. The second kappa shape index (κ2) is 6.99. The first-order valence-electron chi connectivity index (χ1n) is 11.7. The highest BCUT2D eigenvalue weighted by Crippen LogP contribution is 2.73. The summed E-state index contributed by atoms with van der Waals surface area (Å²) in [5.74, 6) is 3.84. The van der Waals surface area contributed by atoms with Gasteiger partial charge in [0.15, 0.2) is 0 Å². The van der Waals surface area contributed by atoms with Crippen molar-refractivity contribution in [2.75, 3.05) is 0 Å². The molecule has 4 saturated carbocycles.